The van der Waals surface area contributed by atoms with Crippen molar-refractivity contribution in [2.24, 2.45) is 5.14 Å². The Morgan fingerprint density at radius 2 is 1.62 bits per heavy atom. The minimum absolute atomic E-state index is 0.0229. The van der Waals surface area contributed by atoms with Crippen LogP contribution < -0.4 is 10.5 Å². The first-order chi connectivity index (χ1) is 9.77. The summed E-state index contributed by atoms with van der Waals surface area (Å²) >= 11 is 0. The van der Waals surface area contributed by atoms with Gasteiger partial charge in [0, 0.05) is 11.3 Å². The Hall–Kier alpha value is -2.18. The first kappa shape index (κ1) is 15.2. The molecule has 1 amide bonds. The van der Waals surface area contributed by atoms with Gasteiger partial charge in [0.1, 0.15) is 0 Å². The van der Waals surface area contributed by atoms with E-state index in [1.165, 1.54) is 24.3 Å². The molecule has 0 heterocycles. The van der Waals surface area contributed by atoms with Gasteiger partial charge in [-0.05, 0) is 61.4 Å². The summed E-state index contributed by atoms with van der Waals surface area (Å²) in [6.45, 7) is 3.96. The zero-order valence-corrected chi connectivity index (χ0v) is 12.6. The summed E-state index contributed by atoms with van der Waals surface area (Å²) in [5.41, 5.74) is 3.28. The molecule has 0 bridgehead atoms. The number of sulfonamides is 1. The van der Waals surface area contributed by atoms with Crippen LogP contribution in [0.1, 0.15) is 21.5 Å². The second kappa shape index (κ2) is 5.67. The van der Waals surface area contributed by atoms with E-state index in [9.17, 15) is 13.2 Å². The number of hydrogen-bond acceptors (Lipinski definition) is 3. The zero-order chi connectivity index (χ0) is 15.6. The first-order valence-electron chi connectivity index (χ1n) is 6.29. The number of carbonyl (C=O) groups excluding carboxylic acids is 1. The monoisotopic (exact) mass is 304 g/mol. The maximum atomic E-state index is 12.1. The third kappa shape index (κ3) is 3.68. The molecule has 0 aromatic heterocycles. The summed E-state index contributed by atoms with van der Waals surface area (Å²) in [6, 6.07) is 11.1. The molecule has 21 heavy (non-hydrogen) atoms. The highest BCUT2D eigenvalue weighted by atomic mass is 32.2. The highest BCUT2D eigenvalue weighted by molar-refractivity contribution is 7.89. The van der Waals surface area contributed by atoms with E-state index >= 15 is 0 Å². The number of anilines is 1. The zero-order valence-electron chi connectivity index (χ0n) is 11.8. The molecule has 0 aliphatic carbocycles. The number of nitrogens with two attached hydrogens (primary N) is 1. The molecule has 0 saturated heterocycles. The summed E-state index contributed by atoms with van der Waals surface area (Å²) in [7, 11) is -3.75. The van der Waals surface area contributed by atoms with Gasteiger partial charge in [-0.25, -0.2) is 13.6 Å². The third-order valence-electron chi connectivity index (χ3n) is 3.21. The lowest BCUT2D eigenvalue weighted by Gasteiger charge is -2.08. The van der Waals surface area contributed by atoms with E-state index in [-0.39, 0.29) is 10.8 Å². The van der Waals surface area contributed by atoms with Crippen LogP contribution in [0.4, 0.5) is 5.69 Å². The number of benzene rings is 2. The summed E-state index contributed by atoms with van der Waals surface area (Å²) in [6.07, 6.45) is 0. The molecule has 0 saturated carbocycles. The van der Waals surface area contributed by atoms with E-state index in [1.54, 1.807) is 0 Å². The molecule has 0 aliphatic heterocycles. The minimum atomic E-state index is -3.75. The van der Waals surface area contributed by atoms with Crippen LogP contribution in [0.5, 0.6) is 0 Å². The van der Waals surface area contributed by atoms with Gasteiger partial charge in [-0.2, -0.15) is 0 Å². The van der Waals surface area contributed by atoms with E-state index in [0.29, 0.717) is 11.3 Å². The van der Waals surface area contributed by atoms with Crippen LogP contribution in [0, 0.1) is 13.8 Å². The highest BCUT2D eigenvalue weighted by Crippen LogP contribution is 2.16. The summed E-state index contributed by atoms with van der Waals surface area (Å²) in [5, 5.41) is 7.77. The molecule has 110 valence electrons. The Balaban J connectivity index is 2.18. The molecular formula is C15H16N2O3S. The minimum Gasteiger partial charge on any atom is -0.322 e. The van der Waals surface area contributed by atoms with Crippen molar-refractivity contribution in [3.63, 3.8) is 0 Å². The molecule has 0 spiro atoms. The number of rotatable bonds is 3. The van der Waals surface area contributed by atoms with Gasteiger partial charge in [0.15, 0.2) is 0 Å². The first-order valence-corrected chi connectivity index (χ1v) is 7.83. The number of aryl methyl sites for hydroxylation is 2. The van der Waals surface area contributed by atoms with Gasteiger partial charge in [0.2, 0.25) is 10.0 Å². The van der Waals surface area contributed by atoms with Crippen molar-refractivity contribution in [1.82, 2.24) is 0 Å². The van der Waals surface area contributed by atoms with Gasteiger partial charge < -0.3 is 5.32 Å². The molecular weight excluding hydrogens is 288 g/mol. The fourth-order valence-corrected chi connectivity index (χ4v) is 2.33. The Bertz CT molecular complexity index is 781. The summed E-state index contributed by atoms with van der Waals surface area (Å²) < 4.78 is 22.3. The number of nitrogens with one attached hydrogen (secondary N) is 1. The van der Waals surface area contributed by atoms with Gasteiger partial charge in [-0.3, -0.25) is 4.79 Å². The van der Waals surface area contributed by atoms with Gasteiger partial charge >= 0.3 is 0 Å². The lowest BCUT2D eigenvalue weighted by Crippen LogP contribution is -2.14. The number of amides is 1. The summed E-state index contributed by atoms with van der Waals surface area (Å²) in [4.78, 5) is 12.1. The molecule has 2 aromatic rings. The van der Waals surface area contributed by atoms with Crippen LogP contribution in [0.15, 0.2) is 47.4 Å². The predicted molar refractivity (Wildman–Crippen MR) is 81.7 cm³/mol. The van der Waals surface area contributed by atoms with Crippen molar-refractivity contribution in [2.45, 2.75) is 18.7 Å². The lowest BCUT2D eigenvalue weighted by atomic mass is 10.1. The van der Waals surface area contributed by atoms with Crippen molar-refractivity contribution in [2.75, 3.05) is 5.32 Å². The van der Waals surface area contributed by atoms with E-state index in [1.807, 2.05) is 32.0 Å². The fourth-order valence-electron chi connectivity index (χ4n) is 1.82. The van der Waals surface area contributed by atoms with Gasteiger partial charge in [-0.1, -0.05) is 6.07 Å². The summed E-state index contributed by atoms with van der Waals surface area (Å²) in [5.74, 6) is -0.306. The average molecular weight is 304 g/mol. The standard InChI is InChI=1S/C15H16N2O3S/c1-10-3-6-13(9-11(10)2)17-15(18)12-4-7-14(8-5-12)21(16,19)20/h3-9H,1-2H3,(H,17,18)(H2,16,19,20). The molecule has 0 fully saturated rings. The van der Waals surface area contributed by atoms with Crippen LogP contribution >= 0.6 is 0 Å². The van der Waals surface area contributed by atoms with Crippen LogP contribution in [-0.2, 0) is 10.0 Å². The quantitative estimate of drug-likeness (QED) is 0.911. The number of carbonyl (C=O) groups is 1. The molecule has 0 unspecified atom stereocenters. The van der Waals surface area contributed by atoms with E-state index in [0.717, 1.165) is 11.1 Å². The predicted octanol–water partition coefficient (Wildman–Crippen LogP) is 2.20. The number of hydrogen-bond donors (Lipinski definition) is 2. The van der Waals surface area contributed by atoms with Crippen LogP contribution in [0.3, 0.4) is 0 Å². The third-order valence-corrected chi connectivity index (χ3v) is 4.14. The Kier molecular flexibility index (Phi) is 4.11. The Morgan fingerprint density at radius 1 is 1.00 bits per heavy atom. The van der Waals surface area contributed by atoms with Gasteiger partial charge in [-0.15, -0.1) is 0 Å². The second-order valence-corrected chi connectivity index (χ2v) is 6.38. The van der Waals surface area contributed by atoms with Crippen molar-refractivity contribution in [3.8, 4) is 0 Å². The van der Waals surface area contributed by atoms with Crippen molar-refractivity contribution in [3.05, 3.63) is 59.2 Å². The van der Waals surface area contributed by atoms with E-state index in [2.05, 4.69) is 5.32 Å². The fraction of sp³-hybridized carbons (Fsp3) is 0.133. The molecule has 5 nitrogen and oxygen atoms in total. The molecule has 0 radical (unpaired) electrons. The van der Waals surface area contributed by atoms with Crippen molar-refractivity contribution >= 4 is 21.6 Å². The van der Waals surface area contributed by atoms with Crippen LogP contribution in [-0.4, -0.2) is 14.3 Å². The smallest absolute Gasteiger partial charge is 0.255 e. The highest BCUT2D eigenvalue weighted by Gasteiger charge is 2.10. The normalized spacial score (nSPS) is 11.2. The van der Waals surface area contributed by atoms with Gasteiger partial charge in [0.05, 0.1) is 4.90 Å². The maximum absolute atomic E-state index is 12.1. The topological polar surface area (TPSA) is 89.3 Å². The molecule has 3 N–H and O–H groups in total. The molecule has 2 aromatic carbocycles. The Morgan fingerprint density at radius 3 is 2.14 bits per heavy atom. The Labute approximate surface area is 123 Å². The van der Waals surface area contributed by atoms with Crippen LogP contribution in [0.25, 0.3) is 0 Å². The molecule has 0 aliphatic rings. The SMILES string of the molecule is Cc1ccc(NC(=O)c2ccc(S(N)(=O)=O)cc2)cc1C. The van der Waals surface area contributed by atoms with E-state index in [4.69, 9.17) is 5.14 Å². The maximum Gasteiger partial charge on any atom is 0.255 e. The molecule has 2 rings (SSSR count). The molecule has 0 atom stereocenters. The van der Waals surface area contributed by atoms with Crippen LogP contribution in [0.2, 0.25) is 0 Å². The number of primary sulfonamides is 1. The largest absolute Gasteiger partial charge is 0.322 e. The second-order valence-electron chi connectivity index (χ2n) is 4.82. The lowest BCUT2D eigenvalue weighted by molar-refractivity contribution is 0.102. The average Bonchev–Trinajstić information content (AvgIpc) is 2.42. The van der Waals surface area contributed by atoms with Crippen molar-refractivity contribution < 1.29 is 13.2 Å². The van der Waals surface area contributed by atoms with Crippen molar-refractivity contribution in [1.29, 1.82) is 0 Å². The van der Waals surface area contributed by atoms with Gasteiger partial charge in [0.25, 0.3) is 5.91 Å². The van der Waals surface area contributed by atoms with E-state index < -0.39 is 10.0 Å². The molecule has 6 heteroatoms.